The number of ketones is 1. The normalized spacial score (nSPS) is 23.0. The van der Waals surface area contributed by atoms with E-state index in [0.29, 0.717) is 0 Å². The molecule has 3 heterocycles. The lowest BCUT2D eigenvalue weighted by molar-refractivity contribution is -0.145. The second-order valence-electron chi connectivity index (χ2n) is 7.68. The van der Waals surface area contributed by atoms with E-state index < -0.39 is 12.0 Å². The number of rotatable bonds is 7. The predicted molar refractivity (Wildman–Crippen MR) is 127 cm³/mol. The fourth-order valence-corrected chi connectivity index (χ4v) is 5.93. The lowest BCUT2D eigenvalue weighted by Crippen LogP contribution is -2.37. The van der Waals surface area contributed by atoms with Crippen LogP contribution in [0, 0.1) is 19.8 Å². The number of aromatic nitrogens is 2. The van der Waals surface area contributed by atoms with Crippen molar-refractivity contribution in [2.24, 2.45) is 5.92 Å². The van der Waals surface area contributed by atoms with Crippen LogP contribution in [0.4, 0.5) is 0 Å². The lowest BCUT2D eigenvalue weighted by atomic mass is 9.80. The van der Waals surface area contributed by atoms with Crippen LogP contribution in [0.2, 0.25) is 0 Å². The van der Waals surface area contributed by atoms with E-state index in [9.17, 15) is 9.59 Å². The number of benzene rings is 1. The van der Waals surface area contributed by atoms with E-state index in [1.165, 1.54) is 22.7 Å². The van der Waals surface area contributed by atoms with Crippen molar-refractivity contribution in [1.29, 1.82) is 0 Å². The van der Waals surface area contributed by atoms with Gasteiger partial charge in [-0.3, -0.25) is 14.9 Å². The van der Waals surface area contributed by atoms with Crippen LogP contribution in [0.25, 0.3) is 6.08 Å². The fourth-order valence-electron chi connectivity index (χ4n) is 4.25. The molecular weight excluding hydrogens is 442 g/mol. The molecule has 3 aromatic rings. The third-order valence-corrected chi connectivity index (χ3v) is 7.69. The summed E-state index contributed by atoms with van der Waals surface area (Å²) in [6.07, 6.45) is 3.45. The zero-order valence-electron chi connectivity index (χ0n) is 18.1. The van der Waals surface area contributed by atoms with E-state index in [4.69, 9.17) is 4.74 Å². The Labute approximate surface area is 195 Å². The van der Waals surface area contributed by atoms with Gasteiger partial charge >= 0.3 is 5.97 Å². The van der Waals surface area contributed by atoms with Crippen LogP contribution in [0.3, 0.4) is 0 Å². The number of thiazole rings is 2. The maximum Gasteiger partial charge on any atom is 0.323 e. The van der Waals surface area contributed by atoms with Gasteiger partial charge in [-0.2, -0.15) is 0 Å². The minimum absolute atomic E-state index is 0.0382. The van der Waals surface area contributed by atoms with Crippen LogP contribution in [0.5, 0.6) is 0 Å². The fraction of sp³-hybridized carbons (Fsp3) is 0.333. The Bertz CT molecular complexity index is 1120. The van der Waals surface area contributed by atoms with Crippen LogP contribution < -0.4 is 5.32 Å². The molecule has 1 aliphatic rings. The van der Waals surface area contributed by atoms with Crippen LogP contribution in [0.1, 0.15) is 45.6 Å². The maximum absolute atomic E-state index is 13.7. The summed E-state index contributed by atoms with van der Waals surface area (Å²) in [7, 11) is 0. The molecule has 1 aliphatic heterocycles. The highest BCUT2D eigenvalue weighted by atomic mass is 32.1. The molecule has 6 nitrogen and oxygen atoms in total. The number of nitrogens with zero attached hydrogens (tertiary/aromatic N) is 2. The molecule has 0 bridgehead atoms. The highest BCUT2D eigenvalue weighted by Crippen LogP contribution is 2.46. The quantitative estimate of drug-likeness (QED) is 0.408. The second kappa shape index (κ2) is 9.85. The first kappa shape index (κ1) is 22.5. The molecule has 0 aliphatic carbocycles. The third kappa shape index (κ3) is 4.44. The molecule has 32 heavy (non-hydrogen) atoms. The van der Waals surface area contributed by atoms with E-state index in [1.54, 1.807) is 24.0 Å². The molecule has 1 aromatic carbocycles. The molecule has 4 atom stereocenters. The lowest BCUT2D eigenvalue weighted by Gasteiger charge is -2.23. The number of carbonyl (C=O) groups is 2. The largest absolute Gasteiger partial charge is 0.465 e. The van der Waals surface area contributed by atoms with Crippen LogP contribution >= 0.6 is 22.7 Å². The topological polar surface area (TPSA) is 81.2 Å². The summed E-state index contributed by atoms with van der Waals surface area (Å²) in [5, 5.41) is 3.43. The van der Waals surface area contributed by atoms with Gasteiger partial charge in [-0.15, -0.1) is 22.7 Å². The van der Waals surface area contributed by atoms with Crippen molar-refractivity contribution in [2.45, 2.75) is 38.8 Å². The number of hydrogen-bond acceptors (Lipinski definition) is 8. The van der Waals surface area contributed by atoms with Crippen molar-refractivity contribution in [3.8, 4) is 0 Å². The van der Waals surface area contributed by atoms with Crippen molar-refractivity contribution in [2.75, 3.05) is 6.61 Å². The summed E-state index contributed by atoms with van der Waals surface area (Å²) in [6.45, 7) is 5.91. The third-order valence-electron chi connectivity index (χ3n) is 5.76. The number of hydrogen-bond donors (Lipinski definition) is 1. The van der Waals surface area contributed by atoms with Gasteiger partial charge < -0.3 is 4.74 Å². The van der Waals surface area contributed by atoms with Crippen molar-refractivity contribution in [3.63, 3.8) is 0 Å². The van der Waals surface area contributed by atoms with Crippen LogP contribution in [-0.4, -0.2) is 34.4 Å². The van der Waals surface area contributed by atoms with Crippen molar-refractivity contribution in [3.05, 3.63) is 74.1 Å². The summed E-state index contributed by atoms with van der Waals surface area (Å²) < 4.78 is 5.39. The maximum atomic E-state index is 13.7. The van der Waals surface area contributed by atoms with Crippen molar-refractivity contribution in [1.82, 2.24) is 15.3 Å². The SMILES string of the molecule is CCOC(=O)[C@H]1N[C@@H](c2ccccc2)[C@@H](C(=O)/C=C/c2scnc2C)[C@@H]1c1scnc1C. The number of esters is 1. The number of ether oxygens (including phenoxy) is 1. The van der Waals surface area contributed by atoms with E-state index in [-0.39, 0.29) is 30.3 Å². The molecule has 166 valence electrons. The van der Waals surface area contributed by atoms with Gasteiger partial charge in [0.1, 0.15) is 6.04 Å². The zero-order chi connectivity index (χ0) is 22.7. The molecular formula is C24H25N3O3S2. The van der Waals surface area contributed by atoms with Gasteiger partial charge in [0.05, 0.1) is 34.9 Å². The van der Waals surface area contributed by atoms with E-state index in [2.05, 4.69) is 15.3 Å². The Kier molecular flexibility index (Phi) is 6.93. The number of aryl methyl sites for hydroxylation is 2. The average Bonchev–Trinajstić information content (AvgIpc) is 3.50. The first-order valence-electron chi connectivity index (χ1n) is 10.5. The van der Waals surface area contributed by atoms with Gasteiger partial charge in [0.2, 0.25) is 0 Å². The first-order valence-corrected chi connectivity index (χ1v) is 12.3. The molecule has 0 saturated carbocycles. The average molecular weight is 468 g/mol. The number of carbonyl (C=O) groups excluding carboxylic acids is 2. The van der Waals surface area contributed by atoms with Crippen LogP contribution in [0.15, 0.2) is 47.4 Å². The van der Waals surface area contributed by atoms with Gasteiger partial charge in [0, 0.05) is 21.7 Å². The summed E-state index contributed by atoms with van der Waals surface area (Å²) >= 11 is 2.98. The molecule has 0 unspecified atom stereocenters. The molecule has 8 heteroatoms. The monoisotopic (exact) mass is 467 g/mol. The van der Waals surface area contributed by atoms with E-state index in [1.807, 2.05) is 50.3 Å². The smallest absolute Gasteiger partial charge is 0.323 e. The minimum Gasteiger partial charge on any atom is -0.465 e. The molecule has 0 amide bonds. The van der Waals surface area contributed by atoms with Gasteiger partial charge in [0.25, 0.3) is 0 Å². The molecule has 4 rings (SSSR count). The first-order chi connectivity index (χ1) is 15.5. The van der Waals surface area contributed by atoms with Gasteiger partial charge in [-0.05, 0) is 38.5 Å². The molecule has 1 saturated heterocycles. The highest BCUT2D eigenvalue weighted by molar-refractivity contribution is 7.10. The molecule has 0 spiro atoms. The van der Waals surface area contributed by atoms with E-state index in [0.717, 1.165) is 26.7 Å². The molecule has 2 aromatic heterocycles. The molecule has 1 N–H and O–H groups in total. The van der Waals surface area contributed by atoms with Crippen LogP contribution in [-0.2, 0) is 14.3 Å². The number of allylic oxidation sites excluding steroid dienone is 1. The van der Waals surface area contributed by atoms with Gasteiger partial charge in [-0.1, -0.05) is 30.3 Å². The Morgan fingerprint density at radius 2 is 1.81 bits per heavy atom. The van der Waals surface area contributed by atoms with Crippen molar-refractivity contribution < 1.29 is 14.3 Å². The predicted octanol–water partition coefficient (Wildman–Crippen LogP) is 4.47. The Morgan fingerprint density at radius 1 is 1.09 bits per heavy atom. The Balaban J connectivity index is 1.78. The Morgan fingerprint density at radius 3 is 2.44 bits per heavy atom. The standard InChI is InChI=1S/C24H25N3O3S2/c1-4-30-24(29)22-20(23-15(3)26-13-32-23)19(21(27-22)16-8-6-5-7-9-16)17(28)10-11-18-14(2)25-12-31-18/h5-13,19-22,27H,4H2,1-3H3/b11-10+/t19-,20-,21-,22-/m0/s1. The Hall–Kier alpha value is -2.68. The molecule has 1 fully saturated rings. The summed E-state index contributed by atoms with van der Waals surface area (Å²) in [4.78, 5) is 37.2. The highest BCUT2D eigenvalue weighted by Gasteiger charge is 2.51. The van der Waals surface area contributed by atoms with Gasteiger partial charge in [-0.25, -0.2) is 9.97 Å². The summed E-state index contributed by atoms with van der Waals surface area (Å²) in [5.74, 6) is -1.23. The molecule has 0 radical (unpaired) electrons. The van der Waals surface area contributed by atoms with Crippen molar-refractivity contribution >= 4 is 40.5 Å². The summed E-state index contributed by atoms with van der Waals surface area (Å²) in [5.41, 5.74) is 6.23. The number of nitrogens with one attached hydrogen (secondary N) is 1. The summed E-state index contributed by atoms with van der Waals surface area (Å²) in [6, 6.07) is 8.84. The van der Waals surface area contributed by atoms with E-state index >= 15 is 0 Å². The minimum atomic E-state index is -0.633. The second-order valence-corrected chi connectivity index (χ2v) is 9.45. The zero-order valence-corrected chi connectivity index (χ0v) is 19.8. The van der Waals surface area contributed by atoms with Gasteiger partial charge in [0.15, 0.2) is 5.78 Å².